The maximum absolute atomic E-state index is 12.4. The number of hydrogen-bond acceptors (Lipinski definition) is 2. The first-order valence-electron chi connectivity index (χ1n) is 8.17. The summed E-state index contributed by atoms with van der Waals surface area (Å²) in [5, 5.41) is 3.02. The molecule has 1 aromatic carbocycles. The van der Waals surface area contributed by atoms with E-state index in [2.05, 4.69) is 28.5 Å². The number of aromatic amines is 1. The van der Waals surface area contributed by atoms with E-state index < -0.39 is 0 Å². The highest BCUT2D eigenvalue weighted by Crippen LogP contribution is 2.25. The molecule has 1 aromatic heterocycles. The van der Waals surface area contributed by atoms with E-state index in [0.717, 1.165) is 18.4 Å². The molecular formula is C19H22N2O2. The van der Waals surface area contributed by atoms with Gasteiger partial charge in [0.2, 0.25) is 5.56 Å². The van der Waals surface area contributed by atoms with Gasteiger partial charge >= 0.3 is 0 Å². The number of fused-ring (bicyclic) bond motifs is 1. The zero-order valence-electron chi connectivity index (χ0n) is 13.6. The number of pyridine rings is 1. The summed E-state index contributed by atoms with van der Waals surface area (Å²) >= 11 is 0. The van der Waals surface area contributed by atoms with Crippen LogP contribution in [-0.4, -0.2) is 10.9 Å². The number of rotatable bonds is 3. The Balaban J connectivity index is 1.77. The van der Waals surface area contributed by atoms with Crippen LogP contribution in [0.25, 0.3) is 0 Å². The van der Waals surface area contributed by atoms with Gasteiger partial charge in [0.05, 0.1) is 11.6 Å². The zero-order chi connectivity index (χ0) is 16.4. The Labute approximate surface area is 135 Å². The summed E-state index contributed by atoms with van der Waals surface area (Å²) in [6, 6.07) is 9.40. The van der Waals surface area contributed by atoms with Crippen LogP contribution in [0.4, 0.5) is 0 Å². The number of hydrogen-bond donors (Lipinski definition) is 2. The first-order chi connectivity index (χ1) is 11.0. The molecule has 4 nitrogen and oxygen atoms in total. The molecule has 0 saturated heterocycles. The maximum atomic E-state index is 12.4. The summed E-state index contributed by atoms with van der Waals surface area (Å²) in [5.41, 5.74) is 4.88. The van der Waals surface area contributed by atoms with E-state index in [-0.39, 0.29) is 17.5 Å². The van der Waals surface area contributed by atoms with E-state index in [1.165, 1.54) is 30.0 Å². The number of carbonyl (C=O) groups is 1. The van der Waals surface area contributed by atoms with E-state index in [9.17, 15) is 9.59 Å². The lowest BCUT2D eigenvalue weighted by atomic mass is 9.89. The third-order valence-corrected chi connectivity index (χ3v) is 4.58. The number of carbonyl (C=O) groups excluding carboxylic acids is 1. The Bertz CT molecular complexity index is 792. The molecule has 1 heterocycles. The van der Waals surface area contributed by atoms with Gasteiger partial charge in [-0.15, -0.1) is 0 Å². The van der Waals surface area contributed by atoms with Gasteiger partial charge in [-0.3, -0.25) is 9.59 Å². The highest BCUT2D eigenvalue weighted by molar-refractivity contribution is 5.95. The van der Waals surface area contributed by atoms with Crippen LogP contribution < -0.4 is 10.9 Å². The number of H-pyrrole nitrogens is 1. The minimum atomic E-state index is -0.193. The third kappa shape index (κ3) is 3.36. The molecule has 0 fully saturated rings. The number of amides is 1. The van der Waals surface area contributed by atoms with Crippen LogP contribution in [-0.2, 0) is 12.8 Å². The smallest absolute Gasteiger partial charge is 0.253 e. The van der Waals surface area contributed by atoms with Crippen molar-refractivity contribution in [1.82, 2.24) is 10.3 Å². The Morgan fingerprint density at radius 2 is 1.87 bits per heavy atom. The van der Waals surface area contributed by atoms with Gasteiger partial charge in [0, 0.05) is 11.8 Å². The van der Waals surface area contributed by atoms with Crippen LogP contribution in [0.5, 0.6) is 0 Å². The van der Waals surface area contributed by atoms with Gasteiger partial charge in [-0.05, 0) is 62.3 Å². The second kappa shape index (κ2) is 6.41. The van der Waals surface area contributed by atoms with Crippen molar-refractivity contribution < 1.29 is 4.79 Å². The van der Waals surface area contributed by atoms with Crippen LogP contribution >= 0.6 is 0 Å². The molecule has 2 aromatic rings. The largest absolute Gasteiger partial charge is 0.345 e. The average Bonchev–Trinajstić information content (AvgIpc) is 2.54. The molecule has 3 rings (SSSR count). The second-order valence-electron chi connectivity index (χ2n) is 6.29. The third-order valence-electron chi connectivity index (χ3n) is 4.58. The van der Waals surface area contributed by atoms with Gasteiger partial charge < -0.3 is 10.3 Å². The molecule has 1 aliphatic rings. The van der Waals surface area contributed by atoms with Gasteiger partial charge in [0.25, 0.3) is 5.91 Å². The molecule has 1 amide bonds. The number of aryl methyl sites for hydroxylation is 3. The van der Waals surface area contributed by atoms with Crippen LogP contribution in [0.1, 0.15) is 58.5 Å². The fourth-order valence-corrected chi connectivity index (χ4v) is 3.20. The number of benzene rings is 1. The quantitative estimate of drug-likeness (QED) is 0.915. The molecule has 4 heteroatoms. The normalized spacial score (nSPS) is 14.9. The minimum absolute atomic E-state index is 0.0685. The molecule has 120 valence electrons. The molecule has 1 atom stereocenters. The SMILES string of the molecule is Cc1[nH]c(=O)ccc1C(=O)NC(C)c1ccc2c(c1)CCCC2. The van der Waals surface area contributed by atoms with Crippen LogP contribution in [0, 0.1) is 6.92 Å². The molecule has 0 radical (unpaired) electrons. The monoisotopic (exact) mass is 310 g/mol. The lowest BCUT2D eigenvalue weighted by Gasteiger charge is -2.20. The maximum Gasteiger partial charge on any atom is 0.253 e. The second-order valence-corrected chi connectivity index (χ2v) is 6.29. The van der Waals surface area contributed by atoms with Crippen molar-refractivity contribution in [2.45, 2.75) is 45.6 Å². The summed E-state index contributed by atoms with van der Waals surface area (Å²) < 4.78 is 0. The van der Waals surface area contributed by atoms with E-state index in [1.807, 2.05) is 6.92 Å². The molecule has 0 bridgehead atoms. The van der Waals surface area contributed by atoms with Gasteiger partial charge in [-0.2, -0.15) is 0 Å². The Morgan fingerprint density at radius 3 is 2.61 bits per heavy atom. The standard InChI is InChI=1S/C19H22N2O2/c1-12(15-8-7-14-5-3-4-6-16(14)11-15)21-19(23)17-9-10-18(22)20-13(17)2/h7-12H,3-6H2,1-2H3,(H,20,22)(H,21,23). The Morgan fingerprint density at radius 1 is 1.13 bits per heavy atom. The van der Waals surface area contributed by atoms with Gasteiger partial charge in [-0.1, -0.05) is 18.2 Å². The summed E-state index contributed by atoms with van der Waals surface area (Å²) in [5.74, 6) is -0.163. The predicted molar refractivity (Wildman–Crippen MR) is 90.8 cm³/mol. The lowest BCUT2D eigenvalue weighted by molar-refractivity contribution is 0.0939. The van der Waals surface area contributed by atoms with Crippen molar-refractivity contribution in [3.8, 4) is 0 Å². The molecular weight excluding hydrogens is 288 g/mol. The molecule has 1 unspecified atom stereocenters. The summed E-state index contributed by atoms with van der Waals surface area (Å²) in [6.07, 6.45) is 4.80. The fourth-order valence-electron chi connectivity index (χ4n) is 3.20. The molecule has 23 heavy (non-hydrogen) atoms. The fraction of sp³-hybridized carbons (Fsp3) is 0.368. The van der Waals surface area contributed by atoms with E-state index >= 15 is 0 Å². The molecule has 0 spiro atoms. The molecule has 0 aliphatic heterocycles. The first-order valence-corrected chi connectivity index (χ1v) is 8.17. The minimum Gasteiger partial charge on any atom is -0.345 e. The Hall–Kier alpha value is -2.36. The highest BCUT2D eigenvalue weighted by Gasteiger charge is 2.16. The van der Waals surface area contributed by atoms with Crippen LogP contribution in [0.2, 0.25) is 0 Å². The summed E-state index contributed by atoms with van der Waals surface area (Å²) in [4.78, 5) is 26.3. The topological polar surface area (TPSA) is 62.0 Å². The van der Waals surface area contributed by atoms with Gasteiger partial charge in [0.15, 0.2) is 0 Å². The van der Waals surface area contributed by atoms with Crippen molar-refractivity contribution in [1.29, 1.82) is 0 Å². The van der Waals surface area contributed by atoms with Crippen LogP contribution in [0.3, 0.4) is 0 Å². The highest BCUT2D eigenvalue weighted by atomic mass is 16.2. The van der Waals surface area contributed by atoms with Crippen molar-refractivity contribution in [3.05, 3.63) is 68.6 Å². The molecule has 0 saturated carbocycles. The van der Waals surface area contributed by atoms with E-state index in [0.29, 0.717) is 11.3 Å². The van der Waals surface area contributed by atoms with Crippen LogP contribution in [0.15, 0.2) is 35.1 Å². The number of nitrogens with one attached hydrogen (secondary N) is 2. The molecule has 1 aliphatic carbocycles. The van der Waals surface area contributed by atoms with Crippen molar-refractivity contribution >= 4 is 5.91 Å². The van der Waals surface area contributed by atoms with Gasteiger partial charge in [-0.25, -0.2) is 0 Å². The molecule has 2 N–H and O–H groups in total. The van der Waals surface area contributed by atoms with E-state index in [1.54, 1.807) is 13.0 Å². The van der Waals surface area contributed by atoms with E-state index in [4.69, 9.17) is 0 Å². The summed E-state index contributed by atoms with van der Waals surface area (Å²) in [7, 11) is 0. The first kappa shape index (κ1) is 15.5. The van der Waals surface area contributed by atoms with Crippen molar-refractivity contribution in [2.24, 2.45) is 0 Å². The average molecular weight is 310 g/mol. The summed E-state index contributed by atoms with van der Waals surface area (Å²) in [6.45, 7) is 3.73. The Kier molecular flexibility index (Phi) is 4.33. The predicted octanol–water partition coefficient (Wildman–Crippen LogP) is 3.05. The van der Waals surface area contributed by atoms with Crippen molar-refractivity contribution in [3.63, 3.8) is 0 Å². The van der Waals surface area contributed by atoms with Gasteiger partial charge in [0.1, 0.15) is 0 Å². The zero-order valence-corrected chi connectivity index (χ0v) is 13.6. The number of aromatic nitrogens is 1. The van der Waals surface area contributed by atoms with Crippen molar-refractivity contribution in [2.75, 3.05) is 0 Å². The lowest BCUT2D eigenvalue weighted by Crippen LogP contribution is -2.28.